The van der Waals surface area contributed by atoms with E-state index < -0.39 is 0 Å². The number of benzene rings is 1. The fourth-order valence-electron chi connectivity index (χ4n) is 3.35. The Bertz CT molecular complexity index is 1040. The van der Waals surface area contributed by atoms with Crippen LogP contribution in [0, 0.1) is 19.7 Å². The molecule has 0 saturated carbocycles. The number of thiazole rings is 1. The molecule has 4 rings (SSSR count). The number of hydrogen-bond acceptors (Lipinski definition) is 4. The van der Waals surface area contributed by atoms with E-state index >= 15 is 0 Å². The second kappa shape index (κ2) is 7.15. The van der Waals surface area contributed by atoms with Crippen molar-refractivity contribution < 1.29 is 13.9 Å². The van der Waals surface area contributed by atoms with Crippen LogP contribution in [0.15, 0.2) is 30.5 Å². The van der Waals surface area contributed by atoms with E-state index in [0.29, 0.717) is 24.3 Å². The molecule has 0 spiro atoms. The smallest absolute Gasteiger partial charge is 0.244 e. The summed E-state index contributed by atoms with van der Waals surface area (Å²) < 4.78 is 21.3. The monoisotopic (exact) mass is 385 g/mol. The Hall–Kier alpha value is -2.67. The molecule has 1 atom stereocenters. The Kier molecular flexibility index (Phi) is 4.70. The molecular formula is C20H20FN3O2S. The molecule has 1 N–H and O–H groups in total. The molecule has 1 amide bonds. The van der Waals surface area contributed by atoms with Gasteiger partial charge in [0, 0.05) is 22.7 Å². The number of halogens is 1. The summed E-state index contributed by atoms with van der Waals surface area (Å²) in [6, 6.07) is 4.16. The van der Waals surface area contributed by atoms with Crippen molar-refractivity contribution in [1.29, 1.82) is 0 Å². The van der Waals surface area contributed by atoms with Crippen molar-refractivity contribution in [1.82, 2.24) is 14.7 Å². The Labute approximate surface area is 160 Å². The highest BCUT2D eigenvalue weighted by Crippen LogP contribution is 2.32. The van der Waals surface area contributed by atoms with E-state index in [1.807, 2.05) is 24.4 Å². The molecule has 0 radical (unpaired) electrons. The molecule has 1 aliphatic heterocycles. The molecule has 0 bridgehead atoms. The SMILES string of the molecule is Cc1cn2c(/C=C/C(=O)NC3CCCOc4ccc(F)cc43)c(C)nc2s1. The predicted octanol–water partition coefficient (Wildman–Crippen LogP) is 4.20. The van der Waals surface area contributed by atoms with Gasteiger partial charge in [0.25, 0.3) is 0 Å². The van der Waals surface area contributed by atoms with Crippen LogP contribution in [0.5, 0.6) is 5.75 Å². The summed E-state index contributed by atoms with van der Waals surface area (Å²) in [6.45, 7) is 4.51. The van der Waals surface area contributed by atoms with Crippen molar-refractivity contribution in [3.8, 4) is 5.75 Å². The molecule has 0 saturated heterocycles. The van der Waals surface area contributed by atoms with Gasteiger partial charge in [-0.25, -0.2) is 9.37 Å². The highest BCUT2D eigenvalue weighted by molar-refractivity contribution is 7.17. The maximum absolute atomic E-state index is 13.7. The first-order chi connectivity index (χ1) is 13.0. The van der Waals surface area contributed by atoms with Crippen molar-refractivity contribution in [3.63, 3.8) is 0 Å². The third kappa shape index (κ3) is 3.60. The van der Waals surface area contributed by atoms with Gasteiger partial charge in [0.05, 0.1) is 24.0 Å². The first-order valence-corrected chi connectivity index (χ1v) is 9.69. The van der Waals surface area contributed by atoms with Crippen molar-refractivity contribution in [2.24, 2.45) is 0 Å². The minimum absolute atomic E-state index is 0.224. The molecule has 1 unspecified atom stereocenters. The third-order valence-corrected chi connectivity index (χ3v) is 5.51. The second-order valence-electron chi connectivity index (χ2n) is 6.64. The summed E-state index contributed by atoms with van der Waals surface area (Å²) in [6.07, 6.45) is 6.79. The molecule has 1 aromatic carbocycles. The lowest BCUT2D eigenvalue weighted by atomic mass is 10.0. The number of rotatable bonds is 3. The summed E-state index contributed by atoms with van der Waals surface area (Å²) in [5.74, 6) is 0.0721. The van der Waals surface area contributed by atoms with Crippen LogP contribution in [0.4, 0.5) is 4.39 Å². The van der Waals surface area contributed by atoms with Crippen LogP contribution in [0.25, 0.3) is 11.0 Å². The molecule has 2 aromatic heterocycles. The van der Waals surface area contributed by atoms with Gasteiger partial charge in [-0.2, -0.15) is 0 Å². The van der Waals surface area contributed by atoms with Crippen molar-refractivity contribution >= 4 is 28.3 Å². The number of imidazole rings is 1. The molecule has 0 fully saturated rings. The first-order valence-electron chi connectivity index (χ1n) is 8.87. The minimum atomic E-state index is -0.334. The zero-order valence-corrected chi connectivity index (χ0v) is 16.0. The van der Waals surface area contributed by atoms with Gasteiger partial charge in [-0.15, -0.1) is 11.3 Å². The van der Waals surface area contributed by atoms with E-state index in [-0.39, 0.29) is 17.8 Å². The molecule has 27 heavy (non-hydrogen) atoms. The fraction of sp³-hybridized carbons (Fsp3) is 0.300. The van der Waals surface area contributed by atoms with Crippen LogP contribution in [0.3, 0.4) is 0 Å². The molecular weight excluding hydrogens is 365 g/mol. The maximum Gasteiger partial charge on any atom is 0.244 e. The van der Waals surface area contributed by atoms with Crippen LogP contribution < -0.4 is 10.1 Å². The van der Waals surface area contributed by atoms with Gasteiger partial charge < -0.3 is 10.1 Å². The molecule has 140 valence electrons. The van der Waals surface area contributed by atoms with Crippen LogP contribution >= 0.6 is 11.3 Å². The Morgan fingerprint density at radius 1 is 1.44 bits per heavy atom. The van der Waals surface area contributed by atoms with Gasteiger partial charge in [-0.05, 0) is 51.0 Å². The van der Waals surface area contributed by atoms with Gasteiger partial charge in [0.15, 0.2) is 4.96 Å². The Morgan fingerprint density at radius 3 is 3.15 bits per heavy atom. The van der Waals surface area contributed by atoms with Crippen LogP contribution in [0.1, 0.15) is 40.7 Å². The lowest BCUT2D eigenvalue weighted by Crippen LogP contribution is -2.26. The van der Waals surface area contributed by atoms with E-state index in [0.717, 1.165) is 27.6 Å². The maximum atomic E-state index is 13.7. The van der Waals surface area contributed by atoms with Crippen LogP contribution in [-0.4, -0.2) is 21.9 Å². The predicted molar refractivity (Wildman–Crippen MR) is 104 cm³/mol. The van der Waals surface area contributed by atoms with Gasteiger partial charge in [-0.3, -0.25) is 9.20 Å². The van der Waals surface area contributed by atoms with Gasteiger partial charge >= 0.3 is 0 Å². The first kappa shape index (κ1) is 17.7. The number of aromatic nitrogens is 2. The number of fused-ring (bicyclic) bond motifs is 2. The van der Waals surface area contributed by atoms with Gasteiger partial charge in [-0.1, -0.05) is 0 Å². The molecule has 3 heterocycles. The lowest BCUT2D eigenvalue weighted by molar-refractivity contribution is -0.117. The van der Waals surface area contributed by atoms with E-state index in [9.17, 15) is 9.18 Å². The number of nitrogens with zero attached hydrogens (tertiary/aromatic N) is 2. The van der Waals surface area contributed by atoms with Crippen molar-refractivity contribution in [3.05, 3.63) is 58.1 Å². The normalized spacial score (nSPS) is 16.9. The zero-order valence-electron chi connectivity index (χ0n) is 15.2. The summed E-state index contributed by atoms with van der Waals surface area (Å²) in [5.41, 5.74) is 2.45. The third-order valence-electron chi connectivity index (χ3n) is 4.61. The molecule has 0 aliphatic carbocycles. The van der Waals surface area contributed by atoms with Crippen molar-refractivity contribution in [2.75, 3.05) is 6.61 Å². The van der Waals surface area contributed by atoms with Crippen LogP contribution in [-0.2, 0) is 4.79 Å². The molecule has 1 aliphatic rings. The quantitative estimate of drug-likeness (QED) is 0.688. The van der Waals surface area contributed by atoms with Gasteiger partial charge in [0.2, 0.25) is 5.91 Å². The van der Waals surface area contributed by atoms with Crippen molar-refractivity contribution in [2.45, 2.75) is 32.7 Å². The largest absolute Gasteiger partial charge is 0.493 e. The number of carbonyl (C=O) groups excluding carboxylic acids is 1. The van der Waals surface area contributed by atoms with E-state index in [4.69, 9.17) is 4.74 Å². The Morgan fingerprint density at radius 2 is 2.30 bits per heavy atom. The average molecular weight is 385 g/mol. The average Bonchev–Trinajstić information content (AvgIpc) is 3.02. The molecule has 3 aromatic rings. The standard InChI is InChI=1S/C20H20FN3O2S/c1-12-11-24-17(13(2)22-20(24)27-12)6-8-19(25)23-16-4-3-9-26-18-7-5-14(21)10-15(16)18/h5-8,10-11,16H,3-4,9H2,1-2H3,(H,23,25)/b8-6+. The summed E-state index contributed by atoms with van der Waals surface area (Å²) in [7, 11) is 0. The number of nitrogens with one attached hydrogen (secondary N) is 1. The minimum Gasteiger partial charge on any atom is -0.493 e. The number of aryl methyl sites for hydroxylation is 2. The lowest BCUT2D eigenvalue weighted by Gasteiger charge is -2.17. The highest BCUT2D eigenvalue weighted by atomic mass is 32.1. The fourth-order valence-corrected chi connectivity index (χ4v) is 4.23. The summed E-state index contributed by atoms with van der Waals surface area (Å²) >= 11 is 1.61. The Balaban J connectivity index is 1.55. The van der Waals surface area contributed by atoms with E-state index in [1.54, 1.807) is 23.5 Å². The molecule has 7 heteroatoms. The summed E-state index contributed by atoms with van der Waals surface area (Å²) in [5, 5.41) is 2.98. The van der Waals surface area contributed by atoms with Crippen LogP contribution in [0.2, 0.25) is 0 Å². The topological polar surface area (TPSA) is 55.6 Å². The number of amides is 1. The second-order valence-corrected chi connectivity index (χ2v) is 7.86. The van der Waals surface area contributed by atoms with E-state index in [1.165, 1.54) is 18.2 Å². The number of ether oxygens (including phenoxy) is 1. The number of carbonyl (C=O) groups is 1. The van der Waals surface area contributed by atoms with Gasteiger partial charge in [0.1, 0.15) is 11.6 Å². The molecule has 5 nitrogen and oxygen atoms in total. The highest BCUT2D eigenvalue weighted by Gasteiger charge is 2.21. The van der Waals surface area contributed by atoms with E-state index in [2.05, 4.69) is 10.3 Å². The summed E-state index contributed by atoms with van der Waals surface area (Å²) in [4.78, 5) is 19.1. The number of hydrogen-bond donors (Lipinski definition) is 1. The zero-order chi connectivity index (χ0) is 19.0.